The number of anilines is 1. The zero-order chi connectivity index (χ0) is 25.0. The van der Waals surface area contributed by atoms with Gasteiger partial charge in [-0.2, -0.15) is 26.3 Å². The van der Waals surface area contributed by atoms with Gasteiger partial charge in [-0.25, -0.2) is 13.4 Å². The van der Waals surface area contributed by atoms with E-state index < -0.39 is 80.7 Å². The highest BCUT2D eigenvalue weighted by atomic mass is 32.2. The summed E-state index contributed by atoms with van der Waals surface area (Å²) in [5.74, 6) is -0.958. The summed E-state index contributed by atoms with van der Waals surface area (Å²) < 4.78 is 103. The van der Waals surface area contributed by atoms with Gasteiger partial charge in [0, 0.05) is 12.7 Å². The van der Waals surface area contributed by atoms with E-state index in [4.69, 9.17) is 5.73 Å². The van der Waals surface area contributed by atoms with Crippen LogP contribution < -0.4 is 11.1 Å². The summed E-state index contributed by atoms with van der Waals surface area (Å²) in [5.41, 5.74) is 3.78. The number of alkyl halides is 6. The molecule has 0 unspecified atom stereocenters. The standard InChI is InChI=1S/C18H17F6N3O5S/c19-17(20,21)9-32-8-11(28)6-27-16(29)15-14(25)5-13(7-26-15)33(30,31)12-3-1-10(2-4-12)18(22,23)24/h1-5,7,11,28H,6,8-9,25H2,(H,27,29)/t11-/m0/s1. The molecular weight excluding hydrogens is 484 g/mol. The molecule has 8 nitrogen and oxygen atoms in total. The maximum Gasteiger partial charge on any atom is 0.416 e. The predicted octanol–water partition coefficient (Wildman–Crippen LogP) is 2.18. The van der Waals surface area contributed by atoms with Gasteiger partial charge < -0.3 is 20.9 Å². The van der Waals surface area contributed by atoms with Crippen molar-refractivity contribution in [3.8, 4) is 0 Å². The van der Waals surface area contributed by atoms with Gasteiger partial charge in [0.1, 0.15) is 6.61 Å². The SMILES string of the molecule is Nc1cc(S(=O)(=O)c2ccc(C(F)(F)F)cc2)cnc1C(=O)NC[C@H](O)COCC(F)(F)F. The number of carbonyl (C=O) groups is 1. The Balaban J connectivity index is 2.07. The number of halogens is 6. The van der Waals surface area contributed by atoms with E-state index in [0.29, 0.717) is 12.1 Å². The molecule has 1 aromatic carbocycles. The van der Waals surface area contributed by atoms with Gasteiger partial charge in [-0.3, -0.25) is 4.79 Å². The van der Waals surface area contributed by atoms with E-state index in [2.05, 4.69) is 15.0 Å². The molecular formula is C18H17F6N3O5S. The number of aliphatic hydroxyl groups excluding tert-OH is 1. The number of hydrogen-bond donors (Lipinski definition) is 3. The Kier molecular flexibility index (Phi) is 7.92. The Morgan fingerprint density at radius 3 is 2.24 bits per heavy atom. The van der Waals surface area contributed by atoms with Crippen molar-refractivity contribution in [2.75, 3.05) is 25.5 Å². The zero-order valence-electron chi connectivity index (χ0n) is 16.4. The number of aromatic nitrogens is 1. The molecule has 1 heterocycles. The molecule has 0 aliphatic heterocycles. The summed E-state index contributed by atoms with van der Waals surface area (Å²) in [6, 6.07) is 3.58. The number of nitrogens with one attached hydrogen (secondary N) is 1. The number of amides is 1. The molecule has 15 heteroatoms. The van der Waals surface area contributed by atoms with Crippen molar-refractivity contribution in [3.05, 3.63) is 47.8 Å². The molecule has 0 aliphatic rings. The van der Waals surface area contributed by atoms with Crippen LogP contribution in [0.15, 0.2) is 46.3 Å². The molecule has 2 aromatic rings. The lowest BCUT2D eigenvalue weighted by Gasteiger charge is -2.14. The maximum atomic E-state index is 12.7. The van der Waals surface area contributed by atoms with Crippen molar-refractivity contribution >= 4 is 21.4 Å². The molecule has 0 aliphatic carbocycles. The second-order valence-electron chi connectivity index (χ2n) is 6.63. The molecule has 4 N–H and O–H groups in total. The van der Waals surface area contributed by atoms with Crippen LogP contribution in [0.5, 0.6) is 0 Å². The van der Waals surface area contributed by atoms with Gasteiger partial charge in [0.15, 0.2) is 5.69 Å². The van der Waals surface area contributed by atoms with Crippen LogP contribution in [0.2, 0.25) is 0 Å². The van der Waals surface area contributed by atoms with Gasteiger partial charge in [-0.15, -0.1) is 0 Å². The summed E-state index contributed by atoms with van der Waals surface area (Å²) in [7, 11) is -4.30. The van der Waals surface area contributed by atoms with Gasteiger partial charge in [0.2, 0.25) is 9.84 Å². The van der Waals surface area contributed by atoms with Gasteiger partial charge >= 0.3 is 12.4 Å². The monoisotopic (exact) mass is 501 g/mol. The summed E-state index contributed by atoms with van der Waals surface area (Å²) >= 11 is 0. The van der Waals surface area contributed by atoms with Gasteiger partial charge in [-0.1, -0.05) is 0 Å². The Bertz CT molecular complexity index is 1090. The van der Waals surface area contributed by atoms with Crippen LogP contribution in [0.3, 0.4) is 0 Å². The third kappa shape index (κ3) is 7.30. The minimum absolute atomic E-state index is 0.400. The summed E-state index contributed by atoms with van der Waals surface area (Å²) in [5, 5.41) is 11.7. The molecule has 0 spiro atoms. The molecule has 0 bridgehead atoms. The summed E-state index contributed by atoms with van der Waals surface area (Å²) in [6.45, 7) is -2.81. The highest BCUT2D eigenvalue weighted by Crippen LogP contribution is 2.31. The maximum absolute atomic E-state index is 12.7. The molecule has 1 atom stereocenters. The smallest absolute Gasteiger partial charge is 0.397 e. The second kappa shape index (κ2) is 9.93. The van der Waals surface area contributed by atoms with Crippen molar-refractivity contribution in [2.45, 2.75) is 28.2 Å². The number of sulfone groups is 1. The van der Waals surface area contributed by atoms with E-state index in [1.807, 2.05) is 0 Å². The molecule has 2 rings (SSSR count). The Labute approximate surface area is 183 Å². The first kappa shape index (κ1) is 26.3. The number of hydrogen-bond acceptors (Lipinski definition) is 7. The normalized spacial score (nSPS) is 13.5. The number of rotatable bonds is 8. The Hall–Kier alpha value is -2.91. The number of carbonyl (C=O) groups excluding carboxylic acids is 1. The highest BCUT2D eigenvalue weighted by Gasteiger charge is 2.31. The third-order valence-electron chi connectivity index (χ3n) is 3.98. The van der Waals surface area contributed by atoms with E-state index in [9.17, 15) is 44.7 Å². The molecule has 0 saturated carbocycles. The molecule has 1 amide bonds. The first-order valence-corrected chi connectivity index (χ1v) is 10.4. The third-order valence-corrected chi connectivity index (χ3v) is 5.72. The number of benzene rings is 1. The lowest BCUT2D eigenvalue weighted by molar-refractivity contribution is -0.178. The number of pyridine rings is 1. The average Bonchev–Trinajstić information content (AvgIpc) is 2.70. The van der Waals surface area contributed by atoms with E-state index in [0.717, 1.165) is 24.4 Å². The fourth-order valence-corrected chi connectivity index (χ4v) is 3.66. The van der Waals surface area contributed by atoms with Crippen molar-refractivity contribution < 1.29 is 49.4 Å². The van der Waals surface area contributed by atoms with E-state index in [-0.39, 0.29) is 0 Å². The summed E-state index contributed by atoms with van der Waals surface area (Å²) in [6.07, 6.45) is -9.94. The highest BCUT2D eigenvalue weighted by molar-refractivity contribution is 7.91. The van der Waals surface area contributed by atoms with Crippen LogP contribution >= 0.6 is 0 Å². The zero-order valence-corrected chi connectivity index (χ0v) is 17.3. The van der Waals surface area contributed by atoms with Crippen LogP contribution in [-0.2, 0) is 20.8 Å². The van der Waals surface area contributed by atoms with Crippen molar-refractivity contribution in [2.24, 2.45) is 0 Å². The predicted molar refractivity (Wildman–Crippen MR) is 101 cm³/mol. The molecule has 182 valence electrons. The summed E-state index contributed by atoms with van der Waals surface area (Å²) in [4.78, 5) is 14.8. The molecule has 0 radical (unpaired) electrons. The topological polar surface area (TPSA) is 132 Å². The van der Waals surface area contributed by atoms with Gasteiger partial charge in [0.05, 0.1) is 33.8 Å². The van der Waals surface area contributed by atoms with Crippen LogP contribution in [0.4, 0.5) is 32.0 Å². The largest absolute Gasteiger partial charge is 0.416 e. The number of nitrogens with zero attached hydrogens (tertiary/aromatic N) is 1. The first-order valence-electron chi connectivity index (χ1n) is 8.90. The van der Waals surface area contributed by atoms with E-state index in [1.165, 1.54) is 0 Å². The number of nitrogens with two attached hydrogens (primary N) is 1. The van der Waals surface area contributed by atoms with Gasteiger partial charge in [0.25, 0.3) is 5.91 Å². The van der Waals surface area contributed by atoms with Crippen LogP contribution in [-0.4, -0.2) is 56.5 Å². The second-order valence-corrected chi connectivity index (χ2v) is 8.58. The fraction of sp³-hybridized carbons (Fsp3) is 0.333. The average molecular weight is 501 g/mol. The lowest BCUT2D eigenvalue weighted by Crippen LogP contribution is -2.36. The van der Waals surface area contributed by atoms with E-state index >= 15 is 0 Å². The first-order chi connectivity index (χ1) is 15.1. The Morgan fingerprint density at radius 2 is 1.73 bits per heavy atom. The quantitative estimate of drug-likeness (QED) is 0.473. The number of ether oxygens (including phenoxy) is 1. The van der Waals surface area contributed by atoms with Crippen molar-refractivity contribution in [1.29, 1.82) is 0 Å². The minimum Gasteiger partial charge on any atom is -0.397 e. The molecule has 0 fully saturated rings. The fourth-order valence-electron chi connectivity index (χ4n) is 2.42. The molecule has 0 saturated heterocycles. The van der Waals surface area contributed by atoms with Crippen LogP contribution in [0, 0.1) is 0 Å². The van der Waals surface area contributed by atoms with Gasteiger partial charge in [-0.05, 0) is 30.3 Å². The molecule has 1 aromatic heterocycles. The number of aliphatic hydroxyl groups is 1. The number of nitrogen functional groups attached to an aromatic ring is 1. The molecule has 33 heavy (non-hydrogen) atoms. The lowest BCUT2D eigenvalue weighted by atomic mass is 10.2. The van der Waals surface area contributed by atoms with Crippen LogP contribution in [0.25, 0.3) is 0 Å². The van der Waals surface area contributed by atoms with Crippen molar-refractivity contribution in [3.63, 3.8) is 0 Å². The minimum atomic E-state index is -4.65. The van der Waals surface area contributed by atoms with Crippen molar-refractivity contribution in [1.82, 2.24) is 10.3 Å². The van der Waals surface area contributed by atoms with Crippen LogP contribution in [0.1, 0.15) is 16.1 Å². The van der Waals surface area contributed by atoms with E-state index in [1.54, 1.807) is 0 Å². The Morgan fingerprint density at radius 1 is 1.12 bits per heavy atom.